The molecule has 0 spiro atoms. The summed E-state index contributed by atoms with van der Waals surface area (Å²) in [7, 11) is 0. The smallest absolute Gasteiger partial charge is 0.0561 e. The van der Waals surface area contributed by atoms with Crippen molar-refractivity contribution in [1.29, 1.82) is 0 Å². The Morgan fingerprint density at radius 2 is 1.82 bits per heavy atom. The van der Waals surface area contributed by atoms with Crippen LogP contribution < -0.4 is 0 Å². The van der Waals surface area contributed by atoms with Crippen LogP contribution in [0.2, 0.25) is 0 Å². The number of hydrogen-bond acceptors (Lipinski definition) is 2. The maximum Gasteiger partial charge on any atom is 0.0561 e. The predicted octanol–water partition coefficient (Wildman–Crippen LogP) is 2.29. The van der Waals surface area contributed by atoms with E-state index >= 15 is 0 Å². The largest absolute Gasteiger partial charge is 0.393 e. The number of hydrogen-bond donors (Lipinski definition) is 1. The van der Waals surface area contributed by atoms with Crippen LogP contribution in [-0.4, -0.2) is 21.7 Å². The van der Waals surface area contributed by atoms with Gasteiger partial charge in [-0.25, -0.2) is 0 Å². The van der Waals surface area contributed by atoms with E-state index in [1.165, 1.54) is 0 Å². The van der Waals surface area contributed by atoms with Crippen LogP contribution in [0.15, 0.2) is 0 Å². The highest BCUT2D eigenvalue weighted by atomic mass is 32.2. The first-order valence-electron chi connectivity index (χ1n) is 4.43. The van der Waals surface area contributed by atoms with Crippen molar-refractivity contribution in [2.75, 3.05) is 0 Å². The maximum absolute atomic E-state index is 9.06. The minimum Gasteiger partial charge on any atom is -0.393 e. The number of aliphatic hydroxyl groups is 1. The van der Waals surface area contributed by atoms with Crippen molar-refractivity contribution in [3.8, 4) is 0 Å². The normalized spacial score (nSPS) is 33.5. The highest BCUT2D eigenvalue weighted by Crippen LogP contribution is 2.36. The van der Waals surface area contributed by atoms with Crippen LogP contribution in [0.4, 0.5) is 0 Å². The lowest BCUT2D eigenvalue weighted by Gasteiger charge is -2.33. The maximum atomic E-state index is 9.06. The molecular weight excluding hydrogens is 156 g/mol. The zero-order valence-electron chi connectivity index (χ0n) is 7.58. The van der Waals surface area contributed by atoms with Crippen LogP contribution >= 0.6 is 11.8 Å². The number of rotatable bonds is 3. The topological polar surface area (TPSA) is 20.2 Å². The molecule has 1 unspecified atom stereocenters. The van der Waals surface area contributed by atoms with Gasteiger partial charge < -0.3 is 5.11 Å². The molecule has 1 atom stereocenters. The van der Waals surface area contributed by atoms with Crippen LogP contribution in [-0.2, 0) is 0 Å². The van der Waals surface area contributed by atoms with Gasteiger partial charge in [0.25, 0.3) is 0 Å². The molecule has 0 amide bonds. The van der Waals surface area contributed by atoms with E-state index in [0.717, 1.165) is 29.3 Å². The Hall–Kier alpha value is 0.310. The fraction of sp³-hybridized carbons (Fsp3) is 1.00. The van der Waals surface area contributed by atoms with Gasteiger partial charge in [-0.2, -0.15) is 11.8 Å². The van der Waals surface area contributed by atoms with Crippen LogP contribution in [0.3, 0.4) is 0 Å². The summed E-state index contributed by atoms with van der Waals surface area (Å²) in [5, 5.41) is 10.5. The van der Waals surface area contributed by atoms with Gasteiger partial charge in [-0.3, -0.25) is 0 Å². The van der Waals surface area contributed by atoms with Crippen LogP contribution in [0.25, 0.3) is 0 Å². The molecule has 1 N–H and O–H groups in total. The summed E-state index contributed by atoms with van der Waals surface area (Å²) >= 11 is 2.04. The fourth-order valence-electron chi connectivity index (χ4n) is 1.11. The lowest BCUT2D eigenvalue weighted by atomic mass is 9.96. The second kappa shape index (κ2) is 3.81. The molecule has 0 aromatic rings. The molecule has 0 aromatic heterocycles. The van der Waals surface area contributed by atoms with Crippen molar-refractivity contribution < 1.29 is 5.11 Å². The van der Waals surface area contributed by atoms with Gasteiger partial charge >= 0.3 is 0 Å². The molecule has 0 aromatic carbocycles. The standard InChI is InChI=1S/C9H18OS/c1-6(2)7(3)11-9-4-8(10)5-9/h6-10H,4-5H2,1-3H3. The molecular formula is C9H18OS. The molecule has 11 heavy (non-hydrogen) atoms. The van der Waals surface area contributed by atoms with Gasteiger partial charge in [-0.15, -0.1) is 0 Å². The van der Waals surface area contributed by atoms with Crippen LogP contribution in [0, 0.1) is 5.92 Å². The summed E-state index contributed by atoms with van der Waals surface area (Å²) < 4.78 is 0. The molecule has 0 heterocycles. The second-order valence-electron chi connectivity index (χ2n) is 3.83. The zero-order chi connectivity index (χ0) is 8.43. The Labute approximate surface area is 73.6 Å². The van der Waals surface area contributed by atoms with Gasteiger partial charge in [-0.05, 0) is 18.8 Å². The highest BCUT2D eigenvalue weighted by molar-refractivity contribution is 8.00. The number of aliphatic hydroxyl groups excluding tert-OH is 1. The minimum absolute atomic E-state index is 0.00635. The van der Waals surface area contributed by atoms with Crippen molar-refractivity contribution in [2.45, 2.75) is 50.2 Å². The molecule has 0 radical (unpaired) electrons. The molecule has 0 bridgehead atoms. The first-order chi connectivity index (χ1) is 5.09. The summed E-state index contributed by atoms with van der Waals surface area (Å²) in [4.78, 5) is 0. The molecule has 66 valence electrons. The van der Waals surface area contributed by atoms with Gasteiger partial charge in [0.05, 0.1) is 6.10 Å². The van der Waals surface area contributed by atoms with Gasteiger partial charge in [0.2, 0.25) is 0 Å². The SMILES string of the molecule is CC(C)C(C)SC1CC(O)C1. The van der Waals surface area contributed by atoms with E-state index in [9.17, 15) is 0 Å². The van der Waals surface area contributed by atoms with Gasteiger partial charge in [-0.1, -0.05) is 20.8 Å². The van der Waals surface area contributed by atoms with E-state index in [1.807, 2.05) is 11.8 Å². The average molecular weight is 174 g/mol. The van der Waals surface area contributed by atoms with E-state index in [0.29, 0.717) is 0 Å². The van der Waals surface area contributed by atoms with Crippen LogP contribution in [0.5, 0.6) is 0 Å². The fourth-order valence-corrected chi connectivity index (χ4v) is 2.70. The quantitative estimate of drug-likeness (QED) is 0.708. The van der Waals surface area contributed by atoms with E-state index in [4.69, 9.17) is 5.11 Å². The van der Waals surface area contributed by atoms with E-state index in [2.05, 4.69) is 20.8 Å². The highest BCUT2D eigenvalue weighted by Gasteiger charge is 2.29. The van der Waals surface area contributed by atoms with E-state index in [1.54, 1.807) is 0 Å². The molecule has 0 saturated heterocycles. The average Bonchev–Trinajstić information content (AvgIpc) is 1.84. The Morgan fingerprint density at radius 3 is 2.18 bits per heavy atom. The lowest BCUT2D eigenvalue weighted by molar-refractivity contribution is 0.101. The summed E-state index contributed by atoms with van der Waals surface area (Å²) in [6.07, 6.45) is 2.04. The Balaban J connectivity index is 2.11. The van der Waals surface area contributed by atoms with Crippen LogP contribution in [0.1, 0.15) is 33.6 Å². The first-order valence-corrected chi connectivity index (χ1v) is 5.37. The monoisotopic (exact) mass is 174 g/mol. The molecule has 2 heteroatoms. The lowest BCUT2D eigenvalue weighted by Crippen LogP contribution is -2.32. The summed E-state index contributed by atoms with van der Waals surface area (Å²) in [6.45, 7) is 6.79. The van der Waals surface area contributed by atoms with E-state index in [-0.39, 0.29) is 6.10 Å². The predicted molar refractivity (Wildman–Crippen MR) is 50.9 cm³/mol. The minimum atomic E-state index is 0.00635. The Kier molecular flexibility index (Phi) is 3.26. The van der Waals surface area contributed by atoms with Crippen molar-refractivity contribution in [2.24, 2.45) is 5.92 Å². The summed E-state index contributed by atoms with van der Waals surface area (Å²) in [5.74, 6) is 0.762. The summed E-state index contributed by atoms with van der Waals surface area (Å²) in [5.41, 5.74) is 0. The third-order valence-corrected chi connectivity index (χ3v) is 4.16. The van der Waals surface area contributed by atoms with Crippen molar-refractivity contribution >= 4 is 11.8 Å². The third kappa shape index (κ3) is 2.68. The van der Waals surface area contributed by atoms with Gasteiger partial charge in [0, 0.05) is 10.5 Å². The first kappa shape index (κ1) is 9.40. The van der Waals surface area contributed by atoms with Crippen molar-refractivity contribution in [3.05, 3.63) is 0 Å². The van der Waals surface area contributed by atoms with Gasteiger partial charge in [0.1, 0.15) is 0 Å². The molecule has 1 rings (SSSR count). The zero-order valence-corrected chi connectivity index (χ0v) is 8.40. The molecule has 1 nitrogen and oxygen atoms in total. The van der Waals surface area contributed by atoms with Gasteiger partial charge in [0.15, 0.2) is 0 Å². The Morgan fingerprint density at radius 1 is 1.27 bits per heavy atom. The molecule has 1 saturated carbocycles. The molecule has 1 aliphatic rings. The summed E-state index contributed by atoms with van der Waals surface area (Å²) in [6, 6.07) is 0. The number of thioether (sulfide) groups is 1. The second-order valence-corrected chi connectivity index (χ2v) is 5.51. The molecule has 1 aliphatic carbocycles. The third-order valence-electron chi connectivity index (χ3n) is 2.42. The van der Waals surface area contributed by atoms with Crippen molar-refractivity contribution in [1.82, 2.24) is 0 Å². The molecule has 0 aliphatic heterocycles. The Bertz CT molecular complexity index is 119. The molecule has 1 fully saturated rings. The van der Waals surface area contributed by atoms with Crippen molar-refractivity contribution in [3.63, 3.8) is 0 Å². The van der Waals surface area contributed by atoms with E-state index < -0.39 is 0 Å².